The summed E-state index contributed by atoms with van der Waals surface area (Å²) in [4.78, 5) is 26.7. The summed E-state index contributed by atoms with van der Waals surface area (Å²) in [6, 6.07) is 21.6. The van der Waals surface area contributed by atoms with E-state index in [1.807, 2.05) is 35.2 Å². The summed E-state index contributed by atoms with van der Waals surface area (Å²) in [6.45, 7) is 0.348. The second-order valence-electron chi connectivity index (χ2n) is 7.17. The Kier molecular flexibility index (Phi) is 6.47. The molecule has 2 amide bonds. The molecule has 0 aliphatic carbocycles. The molecule has 0 aromatic heterocycles. The van der Waals surface area contributed by atoms with Gasteiger partial charge in [0.05, 0.1) is 23.8 Å². The van der Waals surface area contributed by atoms with Gasteiger partial charge in [-0.15, -0.1) is 0 Å². The highest BCUT2D eigenvalue weighted by Gasteiger charge is 2.31. The number of ether oxygens (including phenoxy) is 2. The first-order valence-electron chi connectivity index (χ1n) is 10.1. The average Bonchev–Trinajstić information content (AvgIpc) is 2.81. The minimum absolute atomic E-state index is 0.0751. The third kappa shape index (κ3) is 4.95. The number of fused-ring (bicyclic) bond motifs is 1. The van der Waals surface area contributed by atoms with Crippen molar-refractivity contribution in [3.8, 4) is 17.2 Å². The Morgan fingerprint density at radius 1 is 1.06 bits per heavy atom. The summed E-state index contributed by atoms with van der Waals surface area (Å²) in [6.07, 6.45) is -0.691. The number of para-hydroxylation sites is 3. The highest BCUT2D eigenvalue weighted by Crippen LogP contribution is 2.33. The number of hydrogen-bond donors (Lipinski definition) is 2. The quantitative estimate of drug-likeness (QED) is 0.590. The zero-order valence-corrected chi connectivity index (χ0v) is 18.1. The van der Waals surface area contributed by atoms with Crippen LogP contribution >= 0.6 is 11.6 Å². The molecule has 1 unspecified atom stereocenters. The lowest BCUT2D eigenvalue weighted by Gasteiger charge is -2.34. The van der Waals surface area contributed by atoms with Crippen molar-refractivity contribution >= 4 is 34.8 Å². The summed E-state index contributed by atoms with van der Waals surface area (Å²) in [5, 5.41) is 5.99. The van der Waals surface area contributed by atoms with E-state index in [4.69, 9.17) is 21.1 Å². The van der Waals surface area contributed by atoms with Gasteiger partial charge in [0.2, 0.25) is 5.91 Å². The molecule has 3 aromatic carbocycles. The van der Waals surface area contributed by atoms with Crippen LogP contribution in [0.2, 0.25) is 5.02 Å². The van der Waals surface area contributed by atoms with Crippen LogP contribution in [-0.2, 0) is 9.59 Å². The van der Waals surface area contributed by atoms with Crippen LogP contribution in [0, 0.1) is 0 Å². The molecule has 2 N–H and O–H groups in total. The largest absolute Gasteiger partial charge is 0.477 e. The summed E-state index contributed by atoms with van der Waals surface area (Å²) in [7, 11) is 1.56. The van der Waals surface area contributed by atoms with Gasteiger partial charge in [-0.1, -0.05) is 35.9 Å². The van der Waals surface area contributed by atoms with E-state index in [1.54, 1.807) is 49.5 Å². The fraction of sp³-hybridized carbons (Fsp3) is 0.167. The minimum Gasteiger partial charge on any atom is -0.477 e. The number of hydrogen-bond acceptors (Lipinski definition) is 5. The fourth-order valence-corrected chi connectivity index (χ4v) is 3.56. The lowest BCUT2D eigenvalue weighted by molar-refractivity contribution is -0.127. The molecule has 4 rings (SSSR count). The molecular formula is C24H22ClN3O4. The van der Waals surface area contributed by atoms with Gasteiger partial charge >= 0.3 is 0 Å². The van der Waals surface area contributed by atoms with Crippen molar-refractivity contribution in [2.75, 3.05) is 30.4 Å². The molecule has 8 heteroatoms. The predicted octanol–water partition coefficient (Wildman–Crippen LogP) is 4.08. The molecule has 1 heterocycles. The van der Waals surface area contributed by atoms with E-state index in [0.717, 1.165) is 5.69 Å². The Balaban J connectivity index is 1.41. The van der Waals surface area contributed by atoms with Gasteiger partial charge in [-0.25, -0.2) is 0 Å². The topological polar surface area (TPSA) is 79.9 Å². The van der Waals surface area contributed by atoms with Gasteiger partial charge in [0, 0.05) is 12.7 Å². The van der Waals surface area contributed by atoms with Crippen molar-refractivity contribution in [3.63, 3.8) is 0 Å². The third-order valence-corrected chi connectivity index (χ3v) is 5.25. The molecule has 0 spiro atoms. The van der Waals surface area contributed by atoms with Gasteiger partial charge in [-0.3, -0.25) is 9.59 Å². The number of nitrogens with one attached hydrogen (secondary N) is 2. The molecule has 0 saturated heterocycles. The number of benzene rings is 3. The SMILES string of the molecule is CNC(=O)C1CN(CC(=O)Nc2ccc(Oc3ccccc3Cl)cc2)c2ccccc2O1. The fourth-order valence-electron chi connectivity index (χ4n) is 3.39. The van der Waals surface area contributed by atoms with E-state index in [9.17, 15) is 9.59 Å². The van der Waals surface area contributed by atoms with Crippen LogP contribution < -0.4 is 25.0 Å². The van der Waals surface area contributed by atoms with Crippen LogP contribution in [0.1, 0.15) is 0 Å². The molecule has 0 saturated carbocycles. The number of anilines is 2. The number of halogens is 1. The summed E-state index contributed by atoms with van der Waals surface area (Å²) in [5.74, 6) is 1.28. The van der Waals surface area contributed by atoms with Crippen LogP contribution in [0.25, 0.3) is 0 Å². The zero-order chi connectivity index (χ0) is 22.5. The molecule has 32 heavy (non-hydrogen) atoms. The van der Waals surface area contributed by atoms with Crippen LogP contribution in [0.15, 0.2) is 72.8 Å². The van der Waals surface area contributed by atoms with Gasteiger partial charge < -0.3 is 25.0 Å². The van der Waals surface area contributed by atoms with Gasteiger partial charge in [-0.05, 0) is 48.5 Å². The Morgan fingerprint density at radius 3 is 2.53 bits per heavy atom. The monoisotopic (exact) mass is 451 g/mol. The summed E-state index contributed by atoms with van der Waals surface area (Å²) >= 11 is 6.12. The Labute approximate surface area is 190 Å². The van der Waals surface area contributed by atoms with E-state index in [1.165, 1.54) is 0 Å². The van der Waals surface area contributed by atoms with Crippen molar-refractivity contribution in [1.82, 2.24) is 5.32 Å². The first-order chi connectivity index (χ1) is 15.5. The molecule has 164 valence electrons. The third-order valence-electron chi connectivity index (χ3n) is 4.94. The average molecular weight is 452 g/mol. The smallest absolute Gasteiger partial charge is 0.262 e. The number of nitrogens with zero attached hydrogens (tertiary/aromatic N) is 1. The summed E-state index contributed by atoms with van der Waals surface area (Å²) < 4.78 is 11.5. The number of carbonyl (C=O) groups excluding carboxylic acids is 2. The first kappa shape index (κ1) is 21.5. The number of likely N-dealkylation sites (N-methyl/N-ethyl adjacent to an activating group) is 1. The standard InChI is InChI=1S/C24H22ClN3O4/c1-26-24(30)22-14-28(19-7-3-5-9-21(19)32-22)15-23(29)27-16-10-12-17(13-11-16)31-20-8-4-2-6-18(20)25/h2-13,22H,14-15H2,1H3,(H,26,30)(H,27,29). The molecule has 1 atom stereocenters. The van der Waals surface area contributed by atoms with Crippen molar-refractivity contribution in [2.24, 2.45) is 0 Å². The molecular weight excluding hydrogens is 430 g/mol. The highest BCUT2D eigenvalue weighted by molar-refractivity contribution is 6.32. The molecule has 0 fully saturated rings. The molecule has 0 bridgehead atoms. The first-order valence-corrected chi connectivity index (χ1v) is 10.5. The van der Waals surface area contributed by atoms with Crippen LogP contribution in [0.3, 0.4) is 0 Å². The van der Waals surface area contributed by atoms with Gasteiger partial charge in [0.1, 0.15) is 17.2 Å². The Hall–Kier alpha value is -3.71. The second kappa shape index (κ2) is 9.62. The van der Waals surface area contributed by atoms with Crippen LogP contribution in [0.5, 0.6) is 17.2 Å². The predicted molar refractivity (Wildman–Crippen MR) is 124 cm³/mol. The van der Waals surface area contributed by atoms with Crippen molar-refractivity contribution < 1.29 is 19.1 Å². The Morgan fingerprint density at radius 2 is 1.78 bits per heavy atom. The molecule has 3 aromatic rings. The van der Waals surface area contributed by atoms with E-state index < -0.39 is 6.10 Å². The van der Waals surface area contributed by atoms with Crippen molar-refractivity contribution in [2.45, 2.75) is 6.10 Å². The lowest BCUT2D eigenvalue weighted by atomic mass is 10.1. The second-order valence-corrected chi connectivity index (χ2v) is 7.58. The highest BCUT2D eigenvalue weighted by atomic mass is 35.5. The molecule has 0 radical (unpaired) electrons. The van der Waals surface area contributed by atoms with Gasteiger partial charge in [0.15, 0.2) is 6.10 Å². The van der Waals surface area contributed by atoms with Crippen molar-refractivity contribution in [3.05, 3.63) is 77.8 Å². The molecule has 1 aliphatic rings. The van der Waals surface area contributed by atoms with E-state index in [-0.39, 0.29) is 24.9 Å². The van der Waals surface area contributed by atoms with Gasteiger partial charge in [-0.2, -0.15) is 0 Å². The van der Waals surface area contributed by atoms with E-state index in [2.05, 4.69) is 10.6 Å². The maximum atomic E-state index is 12.7. The maximum Gasteiger partial charge on any atom is 0.262 e. The normalized spacial score (nSPS) is 14.7. The Bertz CT molecular complexity index is 1120. The van der Waals surface area contributed by atoms with Crippen molar-refractivity contribution in [1.29, 1.82) is 0 Å². The number of rotatable bonds is 6. The van der Waals surface area contributed by atoms with Crippen LogP contribution in [0.4, 0.5) is 11.4 Å². The number of amides is 2. The van der Waals surface area contributed by atoms with Gasteiger partial charge in [0.25, 0.3) is 5.91 Å². The summed E-state index contributed by atoms with van der Waals surface area (Å²) in [5.41, 5.74) is 1.40. The minimum atomic E-state index is -0.691. The maximum absolute atomic E-state index is 12.7. The lowest BCUT2D eigenvalue weighted by Crippen LogP contribution is -2.50. The molecule has 1 aliphatic heterocycles. The molecule has 7 nitrogen and oxygen atoms in total. The van der Waals surface area contributed by atoms with Crippen LogP contribution in [-0.4, -0.2) is 38.1 Å². The zero-order valence-electron chi connectivity index (χ0n) is 17.4. The van der Waals surface area contributed by atoms with E-state index in [0.29, 0.717) is 28.0 Å². The van der Waals surface area contributed by atoms with E-state index >= 15 is 0 Å². The number of carbonyl (C=O) groups is 2.